The highest BCUT2D eigenvalue weighted by atomic mass is 14.6. The molecular weight excluding hydrogens is 366 g/mol. The first-order valence-electron chi connectivity index (χ1n) is 11.2. The fraction of sp³-hybridized carbons (Fsp3) is 0.407. The van der Waals surface area contributed by atoms with E-state index in [0.29, 0.717) is 11.8 Å². The Balaban J connectivity index is 1.94. The Morgan fingerprint density at radius 2 is 1.47 bits per heavy atom. The minimum Gasteiger partial charge on any atom is -0.330 e. The van der Waals surface area contributed by atoms with E-state index in [1.807, 2.05) is 24.8 Å². The molecule has 30 heavy (non-hydrogen) atoms. The Morgan fingerprint density at radius 3 is 2.17 bits per heavy atom. The molecule has 3 heteroatoms. The molecule has 0 saturated heterocycles. The molecule has 0 spiro atoms. The van der Waals surface area contributed by atoms with Gasteiger partial charge in [0.05, 0.1) is 0 Å². The highest BCUT2D eigenvalue weighted by Crippen LogP contribution is 2.33. The maximum absolute atomic E-state index is 5.64. The standard InChI is InChI=1S/C27H35N3/c1-19(2)11-22-13-24(17-30-16-22)23-8-9-26(27(14-23)20(3)4)25-12-21(15-29-18-25)7-5-6-10-28/h8-9,12-20H,5-7,10-11,28H2,1-4H3. The molecule has 0 aliphatic heterocycles. The molecule has 2 heterocycles. The highest BCUT2D eigenvalue weighted by Gasteiger charge is 2.12. The minimum atomic E-state index is 0.424. The molecule has 3 nitrogen and oxygen atoms in total. The monoisotopic (exact) mass is 401 g/mol. The van der Waals surface area contributed by atoms with Crippen LogP contribution in [0.3, 0.4) is 0 Å². The molecule has 0 unspecified atom stereocenters. The second-order valence-corrected chi connectivity index (χ2v) is 8.96. The zero-order chi connectivity index (χ0) is 21.5. The van der Waals surface area contributed by atoms with Crippen LogP contribution in [0.1, 0.15) is 63.1 Å². The van der Waals surface area contributed by atoms with E-state index in [1.54, 1.807) is 0 Å². The van der Waals surface area contributed by atoms with Crippen LogP contribution in [0, 0.1) is 5.92 Å². The van der Waals surface area contributed by atoms with Gasteiger partial charge < -0.3 is 5.73 Å². The summed E-state index contributed by atoms with van der Waals surface area (Å²) in [5.74, 6) is 1.05. The minimum absolute atomic E-state index is 0.424. The normalized spacial score (nSPS) is 11.4. The van der Waals surface area contributed by atoms with Gasteiger partial charge in [0.15, 0.2) is 0 Å². The van der Waals surface area contributed by atoms with E-state index in [4.69, 9.17) is 5.73 Å². The van der Waals surface area contributed by atoms with Crippen molar-refractivity contribution in [2.24, 2.45) is 11.7 Å². The van der Waals surface area contributed by atoms with Crippen molar-refractivity contribution < 1.29 is 0 Å². The first-order valence-corrected chi connectivity index (χ1v) is 11.2. The quantitative estimate of drug-likeness (QED) is 0.421. The third-order valence-electron chi connectivity index (χ3n) is 5.47. The van der Waals surface area contributed by atoms with Gasteiger partial charge in [-0.15, -0.1) is 0 Å². The fourth-order valence-corrected chi connectivity index (χ4v) is 3.96. The molecule has 0 saturated carbocycles. The van der Waals surface area contributed by atoms with Gasteiger partial charge in [-0.05, 0) is 84.0 Å². The number of unbranched alkanes of at least 4 members (excludes halogenated alkanes) is 1. The van der Waals surface area contributed by atoms with Gasteiger partial charge in [-0.2, -0.15) is 0 Å². The first kappa shape index (κ1) is 22.2. The number of benzene rings is 1. The lowest BCUT2D eigenvalue weighted by Gasteiger charge is -2.16. The van der Waals surface area contributed by atoms with Crippen molar-refractivity contribution in [3.8, 4) is 22.3 Å². The molecule has 0 bridgehead atoms. The van der Waals surface area contributed by atoms with E-state index in [0.717, 1.165) is 32.2 Å². The summed E-state index contributed by atoms with van der Waals surface area (Å²) in [5, 5.41) is 0. The molecule has 0 radical (unpaired) electrons. The predicted molar refractivity (Wildman–Crippen MR) is 128 cm³/mol. The summed E-state index contributed by atoms with van der Waals surface area (Å²) in [6.45, 7) is 9.76. The largest absolute Gasteiger partial charge is 0.330 e. The van der Waals surface area contributed by atoms with Crippen LogP contribution in [0.15, 0.2) is 55.1 Å². The Bertz CT molecular complexity index is 960. The maximum Gasteiger partial charge on any atom is 0.0346 e. The summed E-state index contributed by atoms with van der Waals surface area (Å²) in [7, 11) is 0. The molecular formula is C27H35N3. The molecule has 158 valence electrons. The van der Waals surface area contributed by atoms with Crippen LogP contribution in [0.5, 0.6) is 0 Å². The number of nitrogens with two attached hydrogens (primary N) is 1. The average Bonchev–Trinajstić information content (AvgIpc) is 2.73. The van der Waals surface area contributed by atoms with Crippen molar-refractivity contribution in [3.05, 3.63) is 71.8 Å². The Morgan fingerprint density at radius 1 is 0.767 bits per heavy atom. The molecule has 0 aliphatic carbocycles. The molecule has 2 N–H and O–H groups in total. The number of pyridine rings is 2. The summed E-state index contributed by atoms with van der Waals surface area (Å²) in [6.07, 6.45) is 12.2. The van der Waals surface area contributed by atoms with Crippen LogP contribution in [0.4, 0.5) is 0 Å². The smallest absolute Gasteiger partial charge is 0.0346 e. The van der Waals surface area contributed by atoms with Crippen molar-refractivity contribution in [1.82, 2.24) is 9.97 Å². The zero-order valence-corrected chi connectivity index (χ0v) is 18.9. The topological polar surface area (TPSA) is 51.8 Å². The summed E-state index contributed by atoms with van der Waals surface area (Å²) >= 11 is 0. The second kappa shape index (κ2) is 10.5. The third-order valence-corrected chi connectivity index (χ3v) is 5.47. The highest BCUT2D eigenvalue weighted by molar-refractivity contribution is 5.74. The van der Waals surface area contributed by atoms with Crippen LogP contribution in [-0.4, -0.2) is 16.5 Å². The van der Waals surface area contributed by atoms with Crippen LogP contribution in [-0.2, 0) is 12.8 Å². The van der Waals surface area contributed by atoms with E-state index >= 15 is 0 Å². The summed E-state index contributed by atoms with van der Waals surface area (Å²) in [4.78, 5) is 9.02. The summed E-state index contributed by atoms with van der Waals surface area (Å²) in [5.41, 5.74) is 14.5. The van der Waals surface area contributed by atoms with E-state index in [9.17, 15) is 0 Å². The van der Waals surface area contributed by atoms with Crippen molar-refractivity contribution >= 4 is 0 Å². The lowest BCUT2D eigenvalue weighted by atomic mass is 9.89. The van der Waals surface area contributed by atoms with Gasteiger partial charge in [-0.3, -0.25) is 9.97 Å². The van der Waals surface area contributed by atoms with E-state index in [2.05, 4.69) is 68.0 Å². The molecule has 3 rings (SSSR count). The van der Waals surface area contributed by atoms with Crippen LogP contribution in [0.25, 0.3) is 22.3 Å². The number of rotatable bonds is 9. The maximum atomic E-state index is 5.64. The Hall–Kier alpha value is -2.52. The number of aromatic nitrogens is 2. The van der Waals surface area contributed by atoms with Gasteiger partial charge in [0.1, 0.15) is 0 Å². The van der Waals surface area contributed by atoms with E-state index in [1.165, 1.54) is 38.9 Å². The van der Waals surface area contributed by atoms with E-state index in [-0.39, 0.29) is 0 Å². The fourth-order valence-electron chi connectivity index (χ4n) is 3.96. The molecule has 0 atom stereocenters. The molecule has 1 aromatic carbocycles. The van der Waals surface area contributed by atoms with Crippen LogP contribution >= 0.6 is 0 Å². The molecule has 2 aromatic heterocycles. The summed E-state index contributed by atoms with van der Waals surface area (Å²) in [6, 6.07) is 11.4. The zero-order valence-electron chi connectivity index (χ0n) is 18.9. The van der Waals surface area contributed by atoms with Crippen molar-refractivity contribution in [2.75, 3.05) is 6.54 Å². The molecule has 0 aliphatic rings. The predicted octanol–water partition coefficient (Wildman–Crippen LogP) is 6.41. The second-order valence-electron chi connectivity index (χ2n) is 8.96. The molecule has 0 amide bonds. The summed E-state index contributed by atoms with van der Waals surface area (Å²) < 4.78 is 0. The van der Waals surface area contributed by atoms with Gasteiger partial charge in [0, 0.05) is 35.9 Å². The van der Waals surface area contributed by atoms with Gasteiger partial charge in [-0.25, -0.2) is 0 Å². The number of hydrogen-bond donors (Lipinski definition) is 1. The number of nitrogens with zero attached hydrogens (tertiary/aromatic N) is 2. The molecule has 3 aromatic rings. The van der Waals surface area contributed by atoms with Gasteiger partial charge in [-0.1, -0.05) is 45.9 Å². The lowest BCUT2D eigenvalue weighted by molar-refractivity contribution is 0.646. The van der Waals surface area contributed by atoms with Crippen molar-refractivity contribution in [2.45, 2.75) is 59.3 Å². The van der Waals surface area contributed by atoms with E-state index < -0.39 is 0 Å². The van der Waals surface area contributed by atoms with Crippen LogP contribution in [0.2, 0.25) is 0 Å². The van der Waals surface area contributed by atoms with Crippen molar-refractivity contribution in [3.63, 3.8) is 0 Å². The van der Waals surface area contributed by atoms with Crippen molar-refractivity contribution in [1.29, 1.82) is 0 Å². The number of hydrogen-bond acceptors (Lipinski definition) is 3. The number of aryl methyl sites for hydroxylation is 1. The Labute approximate surface area is 181 Å². The van der Waals surface area contributed by atoms with Gasteiger partial charge in [0.2, 0.25) is 0 Å². The lowest BCUT2D eigenvalue weighted by Crippen LogP contribution is -1.99. The van der Waals surface area contributed by atoms with Gasteiger partial charge in [0.25, 0.3) is 0 Å². The van der Waals surface area contributed by atoms with Crippen LogP contribution < -0.4 is 5.73 Å². The third kappa shape index (κ3) is 5.76. The SMILES string of the molecule is CC(C)Cc1cncc(-c2ccc(-c3cncc(CCCCN)c3)c(C(C)C)c2)c1. The molecule has 0 fully saturated rings. The Kier molecular flexibility index (Phi) is 7.75. The van der Waals surface area contributed by atoms with Gasteiger partial charge >= 0.3 is 0 Å². The average molecular weight is 402 g/mol. The first-order chi connectivity index (χ1) is 14.5.